The highest BCUT2D eigenvalue weighted by Gasteiger charge is 2.09. The van der Waals surface area contributed by atoms with E-state index in [0.29, 0.717) is 0 Å². The zero-order valence-electron chi connectivity index (χ0n) is 36.0. The monoisotopic (exact) mass is 745 g/mol. The molecule has 0 saturated heterocycles. The molecule has 4 nitrogen and oxygen atoms in total. The van der Waals surface area contributed by atoms with Crippen LogP contribution in [-0.4, -0.2) is 9.13 Å². The van der Waals surface area contributed by atoms with Crippen LogP contribution in [0, 0.1) is 0 Å². The molecule has 0 saturated carbocycles. The first-order valence-corrected chi connectivity index (χ1v) is 23.9. The van der Waals surface area contributed by atoms with E-state index in [9.17, 15) is 0 Å². The van der Waals surface area contributed by atoms with Crippen LogP contribution in [0.25, 0.3) is 0 Å². The fraction of sp³-hybridized carbons (Fsp3) is 0.760. The lowest BCUT2D eigenvalue weighted by atomic mass is 10.0. The number of unbranched alkanes of at least 4 members (excludes halogenated alkanes) is 30. The zero-order valence-corrected chi connectivity index (χ0v) is 36.0. The van der Waals surface area contributed by atoms with Crippen LogP contribution in [-0.2, 0) is 26.2 Å². The third-order valence-electron chi connectivity index (χ3n) is 11.8. The first-order chi connectivity index (χ1) is 26.8. The van der Waals surface area contributed by atoms with Gasteiger partial charge in [0, 0.05) is 0 Å². The van der Waals surface area contributed by atoms with Crippen molar-refractivity contribution in [3.8, 4) is 0 Å². The van der Waals surface area contributed by atoms with E-state index in [1.54, 1.807) is 0 Å². The molecule has 0 unspecified atom stereocenters. The molecule has 2 aromatic heterocycles. The van der Waals surface area contributed by atoms with Crippen LogP contribution in [0.5, 0.6) is 0 Å². The average Bonchev–Trinajstić information content (AvgIpc) is 3.83. The molecule has 0 bridgehead atoms. The number of rotatable bonds is 38. The highest BCUT2D eigenvalue weighted by atomic mass is 15.1. The topological polar surface area (TPSA) is 17.6 Å². The average molecular weight is 745 g/mol. The Bertz CT molecular complexity index is 1150. The molecule has 3 rings (SSSR count). The number of aromatic nitrogens is 4. The number of nitrogens with zero attached hydrogens (tertiary/aromatic N) is 4. The molecule has 0 spiro atoms. The molecule has 0 aliphatic carbocycles. The molecule has 0 atom stereocenters. The maximum absolute atomic E-state index is 2.39. The first kappa shape index (κ1) is 46.0. The second-order valence-corrected chi connectivity index (χ2v) is 17.1. The standard InChI is InChI=1S/C50H88N4/c1-3-5-7-9-11-13-15-17-19-21-23-25-27-29-31-33-38-51-40-42-53(47-51)45-49-36-35-37-50(44-49)46-54-43-41-52(48-54)39-34-32-30-28-26-24-22-20-18-16-14-12-10-8-6-4-2/h35-37,40-44,47-48H,3-34,38-39,45-46H2,1-2H3/q+2. The van der Waals surface area contributed by atoms with E-state index in [4.69, 9.17) is 0 Å². The number of hydrogen-bond donors (Lipinski definition) is 0. The van der Waals surface area contributed by atoms with Crippen LogP contribution < -0.4 is 9.13 Å². The van der Waals surface area contributed by atoms with Gasteiger partial charge < -0.3 is 0 Å². The molecule has 3 aromatic rings. The van der Waals surface area contributed by atoms with Crippen LogP contribution >= 0.6 is 0 Å². The summed E-state index contributed by atoms with van der Waals surface area (Å²) in [6.45, 7) is 8.75. The van der Waals surface area contributed by atoms with Gasteiger partial charge in [-0.2, -0.15) is 0 Å². The number of imidazole rings is 2. The van der Waals surface area contributed by atoms with Gasteiger partial charge in [-0.3, -0.25) is 0 Å². The van der Waals surface area contributed by atoms with Gasteiger partial charge in [-0.25, -0.2) is 18.3 Å². The van der Waals surface area contributed by atoms with Crippen LogP contribution in [0.3, 0.4) is 0 Å². The van der Waals surface area contributed by atoms with Crippen molar-refractivity contribution >= 4 is 0 Å². The van der Waals surface area contributed by atoms with Crippen molar-refractivity contribution in [3.05, 3.63) is 72.8 Å². The molecule has 0 fully saturated rings. The summed E-state index contributed by atoms with van der Waals surface area (Å²) >= 11 is 0. The number of hydrogen-bond acceptors (Lipinski definition) is 0. The van der Waals surface area contributed by atoms with Gasteiger partial charge in [0.1, 0.15) is 37.9 Å². The van der Waals surface area contributed by atoms with E-state index in [2.05, 4.69) is 93.8 Å². The van der Waals surface area contributed by atoms with Gasteiger partial charge in [-0.05, 0) is 42.9 Å². The minimum absolute atomic E-state index is 0.935. The van der Waals surface area contributed by atoms with Crippen LogP contribution in [0.2, 0.25) is 0 Å². The molecule has 54 heavy (non-hydrogen) atoms. The number of aryl methyl sites for hydroxylation is 2. The van der Waals surface area contributed by atoms with Crippen molar-refractivity contribution in [1.29, 1.82) is 0 Å². The molecule has 0 aliphatic heterocycles. The fourth-order valence-electron chi connectivity index (χ4n) is 8.26. The van der Waals surface area contributed by atoms with Gasteiger partial charge in [-0.1, -0.05) is 212 Å². The molecule has 0 N–H and O–H groups in total. The van der Waals surface area contributed by atoms with Crippen LogP contribution in [0.1, 0.15) is 230 Å². The molecule has 306 valence electrons. The summed E-state index contributed by atoms with van der Waals surface area (Å²) in [5, 5.41) is 0. The molecule has 4 heteroatoms. The largest absolute Gasteiger partial charge is 0.244 e. The minimum atomic E-state index is 0.935. The van der Waals surface area contributed by atoms with Gasteiger partial charge >= 0.3 is 0 Å². The molecular weight excluding hydrogens is 657 g/mol. The Morgan fingerprint density at radius 1 is 0.370 bits per heavy atom. The lowest BCUT2D eigenvalue weighted by molar-refractivity contribution is -0.688. The zero-order chi connectivity index (χ0) is 38.0. The summed E-state index contributed by atoms with van der Waals surface area (Å²) in [7, 11) is 0. The molecule has 2 heterocycles. The second kappa shape index (κ2) is 32.8. The summed E-state index contributed by atoms with van der Waals surface area (Å²) in [5.74, 6) is 0. The highest BCUT2D eigenvalue weighted by molar-refractivity contribution is 5.22. The molecule has 1 aromatic carbocycles. The lowest BCUT2D eigenvalue weighted by Gasteiger charge is -2.03. The number of benzene rings is 1. The Morgan fingerprint density at radius 3 is 0.944 bits per heavy atom. The smallest absolute Gasteiger partial charge is 0.237 e. The van der Waals surface area contributed by atoms with Gasteiger partial charge in [0.15, 0.2) is 0 Å². The van der Waals surface area contributed by atoms with Crippen molar-refractivity contribution < 1.29 is 9.13 Å². The van der Waals surface area contributed by atoms with Crippen molar-refractivity contribution in [2.45, 2.75) is 245 Å². The Balaban J connectivity index is 1.15. The predicted molar refractivity (Wildman–Crippen MR) is 233 cm³/mol. The van der Waals surface area contributed by atoms with E-state index >= 15 is 0 Å². The SMILES string of the molecule is CCCCCCCCCCCCCCCCCCn1cc[n+](Cc2cccc(C[n+]3ccn(CCCCCCCCCCCCCCCCCC)c3)c2)c1. The van der Waals surface area contributed by atoms with E-state index in [0.717, 1.165) is 26.2 Å². The lowest BCUT2D eigenvalue weighted by Crippen LogP contribution is -2.33. The minimum Gasteiger partial charge on any atom is -0.237 e. The maximum atomic E-state index is 2.39. The van der Waals surface area contributed by atoms with Crippen LogP contribution in [0.4, 0.5) is 0 Å². The summed E-state index contributed by atoms with van der Waals surface area (Å²) in [5.41, 5.74) is 2.76. The Labute approximate surface area is 335 Å². The first-order valence-electron chi connectivity index (χ1n) is 23.9. The van der Waals surface area contributed by atoms with Crippen molar-refractivity contribution in [2.24, 2.45) is 0 Å². The molecular formula is C50H88N4+2. The molecule has 0 radical (unpaired) electrons. The molecule has 0 amide bonds. The van der Waals surface area contributed by atoms with Gasteiger partial charge in [0.2, 0.25) is 12.7 Å². The van der Waals surface area contributed by atoms with Gasteiger partial charge in [0.05, 0.1) is 13.1 Å². The third-order valence-corrected chi connectivity index (χ3v) is 11.8. The maximum Gasteiger partial charge on any atom is 0.244 e. The predicted octanol–water partition coefficient (Wildman–Crippen LogP) is 14.5. The van der Waals surface area contributed by atoms with E-state index in [-0.39, 0.29) is 0 Å². The van der Waals surface area contributed by atoms with Gasteiger partial charge in [-0.15, -0.1) is 0 Å². The van der Waals surface area contributed by atoms with Crippen molar-refractivity contribution in [1.82, 2.24) is 9.13 Å². The van der Waals surface area contributed by atoms with Crippen molar-refractivity contribution in [2.75, 3.05) is 0 Å². The van der Waals surface area contributed by atoms with Gasteiger partial charge in [0.25, 0.3) is 0 Å². The highest BCUT2D eigenvalue weighted by Crippen LogP contribution is 2.16. The van der Waals surface area contributed by atoms with E-state index in [1.807, 2.05) is 0 Å². The summed E-state index contributed by atoms with van der Waals surface area (Å²) in [4.78, 5) is 0. The third kappa shape index (κ3) is 24.2. The van der Waals surface area contributed by atoms with E-state index < -0.39 is 0 Å². The van der Waals surface area contributed by atoms with Crippen LogP contribution in [0.15, 0.2) is 61.7 Å². The normalized spacial score (nSPS) is 11.6. The van der Waals surface area contributed by atoms with E-state index in [1.165, 1.54) is 217 Å². The quantitative estimate of drug-likeness (QED) is 0.0411. The Kier molecular flexibility index (Phi) is 28.0. The second-order valence-electron chi connectivity index (χ2n) is 17.1. The summed E-state index contributed by atoms with van der Waals surface area (Å²) < 4.78 is 9.44. The fourth-order valence-corrected chi connectivity index (χ4v) is 8.26. The van der Waals surface area contributed by atoms with Crippen molar-refractivity contribution in [3.63, 3.8) is 0 Å². The Hall–Kier alpha value is -2.36. The Morgan fingerprint density at radius 2 is 0.648 bits per heavy atom. The molecule has 0 aliphatic rings. The summed E-state index contributed by atoms with van der Waals surface area (Å²) in [6, 6.07) is 9.17. The summed E-state index contributed by atoms with van der Waals surface area (Å²) in [6.07, 6.45) is 59.2.